The van der Waals surface area contributed by atoms with Crippen LogP contribution >= 0.6 is 0 Å². The summed E-state index contributed by atoms with van der Waals surface area (Å²) in [6, 6.07) is -0.153. The van der Waals surface area contributed by atoms with Crippen molar-refractivity contribution in [2.45, 2.75) is 63.9 Å². The van der Waals surface area contributed by atoms with E-state index in [-0.39, 0.29) is 24.0 Å². The molecule has 1 aromatic rings. The molecule has 1 aliphatic carbocycles. The predicted molar refractivity (Wildman–Crippen MR) is 88.5 cm³/mol. The Balaban J connectivity index is 1.70. The quantitative estimate of drug-likeness (QED) is 0.858. The van der Waals surface area contributed by atoms with E-state index in [0.717, 1.165) is 31.7 Å². The number of halogens is 3. The number of fused-ring (bicyclic) bond motifs is 3. The van der Waals surface area contributed by atoms with Crippen molar-refractivity contribution >= 4 is 11.9 Å². The fraction of sp³-hybridized carbons (Fsp3) is 0.706. The molecular weight excluding hydrogens is 349 g/mol. The van der Waals surface area contributed by atoms with Crippen LogP contribution in [0.2, 0.25) is 0 Å². The molecule has 1 saturated carbocycles. The molecule has 3 aliphatic rings. The number of rotatable bonds is 2. The lowest BCUT2D eigenvalue weighted by atomic mass is 9.76. The van der Waals surface area contributed by atoms with Crippen LogP contribution in [0.3, 0.4) is 0 Å². The summed E-state index contributed by atoms with van der Waals surface area (Å²) in [6.07, 6.45) is -0.360. The van der Waals surface area contributed by atoms with Gasteiger partial charge >= 0.3 is 12.3 Å². The second-order valence-electron chi connectivity index (χ2n) is 7.91. The molecule has 4 rings (SSSR count). The standard InChI is InChI=1S/C17H23F3N4O2/c1-16(2,3)26-15(25)24-9-10-4-5-12(24)11(6-10)23-14-8-21-13(7-22-14)17(18,19)20/h7-8,10-12H,4-6,9H2,1-3H3,(H,22,23). The maximum absolute atomic E-state index is 12.6. The van der Waals surface area contributed by atoms with Gasteiger partial charge in [0.2, 0.25) is 0 Å². The summed E-state index contributed by atoms with van der Waals surface area (Å²) >= 11 is 0. The number of aromatic nitrogens is 2. The summed E-state index contributed by atoms with van der Waals surface area (Å²) in [5.74, 6) is 0.618. The van der Waals surface area contributed by atoms with E-state index in [1.165, 1.54) is 0 Å². The number of alkyl halides is 3. The van der Waals surface area contributed by atoms with Crippen LogP contribution in [-0.4, -0.2) is 45.2 Å². The normalized spacial score (nSPS) is 25.9. The zero-order chi connectivity index (χ0) is 19.1. The molecule has 6 nitrogen and oxygen atoms in total. The van der Waals surface area contributed by atoms with Gasteiger partial charge in [-0.2, -0.15) is 13.2 Å². The van der Waals surface area contributed by atoms with Gasteiger partial charge in [-0.1, -0.05) is 0 Å². The Kier molecular flexibility index (Phi) is 4.74. The molecule has 2 bridgehead atoms. The molecule has 0 aromatic carbocycles. The highest BCUT2D eigenvalue weighted by molar-refractivity contribution is 5.69. The van der Waals surface area contributed by atoms with Crippen LogP contribution in [0.5, 0.6) is 0 Å². The Morgan fingerprint density at radius 3 is 2.50 bits per heavy atom. The molecule has 0 spiro atoms. The monoisotopic (exact) mass is 372 g/mol. The number of hydrogen-bond donors (Lipinski definition) is 1. The van der Waals surface area contributed by atoms with Gasteiger partial charge in [0.05, 0.1) is 18.4 Å². The number of nitrogens with zero attached hydrogens (tertiary/aromatic N) is 3. The Bertz CT molecular complexity index is 657. The number of amides is 1. The first-order valence-electron chi connectivity index (χ1n) is 8.68. The molecule has 26 heavy (non-hydrogen) atoms. The van der Waals surface area contributed by atoms with E-state index >= 15 is 0 Å². The van der Waals surface area contributed by atoms with Crippen molar-refractivity contribution in [3.8, 4) is 0 Å². The van der Waals surface area contributed by atoms with Gasteiger partial charge in [-0.25, -0.2) is 14.8 Å². The minimum Gasteiger partial charge on any atom is -0.444 e. The van der Waals surface area contributed by atoms with E-state index in [4.69, 9.17) is 4.74 Å². The van der Waals surface area contributed by atoms with Crippen LogP contribution in [0.15, 0.2) is 12.4 Å². The van der Waals surface area contributed by atoms with Gasteiger partial charge in [-0.15, -0.1) is 0 Å². The molecule has 3 atom stereocenters. The summed E-state index contributed by atoms with van der Waals surface area (Å²) in [5.41, 5.74) is -1.60. The van der Waals surface area contributed by atoms with Gasteiger partial charge in [0.1, 0.15) is 11.4 Å². The maximum atomic E-state index is 12.6. The Labute approximate surface area is 150 Å². The molecule has 144 valence electrons. The van der Waals surface area contributed by atoms with Crippen molar-refractivity contribution in [3.05, 3.63) is 18.1 Å². The molecule has 3 fully saturated rings. The summed E-state index contributed by atoms with van der Waals surface area (Å²) in [5, 5.41) is 3.15. The van der Waals surface area contributed by atoms with Crippen LogP contribution in [0.4, 0.5) is 23.8 Å². The fourth-order valence-electron chi connectivity index (χ4n) is 3.62. The molecular formula is C17H23F3N4O2. The van der Waals surface area contributed by atoms with Crippen molar-refractivity contribution < 1.29 is 22.7 Å². The van der Waals surface area contributed by atoms with Gasteiger partial charge < -0.3 is 15.0 Å². The third-order valence-electron chi connectivity index (χ3n) is 4.68. The smallest absolute Gasteiger partial charge is 0.434 e. The zero-order valence-corrected chi connectivity index (χ0v) is 15.0. The van der Waals surface area contributed by atoms with Gasteiger partial charge in [0.15, 0.2) is 5.69 Å². The highest BCUT2D eigenvalue weighted by Crippen LogP contribution is 2.37. The van der Waals surface area contributed by atoms with E-state index in [2.05, 4.69) is 15.3 Å². The fourth-order valence-corrected chi connectivity index (χ4v) is 3.62. The van der Waals surface area contributed by atoms with Crippen molar-refractivity contribution in [2.24, 2.45) is 5.92 Å². The van der Waals surface area contributed by atoms with Crippen LogP contribution in [-0.2, 0) is 10.9 Å². The number of anilines is 1. The average Bonchev–Trinajstić information content (AvgIpc) is 2.53. The molecule has 3 heterocycles. The van der Waals surface area contributed by atoms with Crippen molar-refractivity contribution in [1.29, 1.82) is 0 Å². The summed E-state index contributed by atoms with van der Waals surface area (Å²) in [7, 11) is 0. The molecule has 1 amide bonds. The number of ether oxygens (including phenoxy) is 1. The minimum absolute atomic E-state index is 0.0704. The lowest BCUT2D eigenvalue weighted by Crippen LogP contribution is -2.60. The van der Waals surface area contributed by atoms with Crippen molar-refractivity contribution in [2.75, 3.05) is 11.9 Å². The number of carbonyl (C=O) groups is 1. The highest BCUT2D eigenvalue weighted by Gasteiger charge is 2.44. The van der Waals surface area contributed by atoms with E-state index in [0.29, 0.717) is 12.5 Å². The number of hydrogen-bond acceptors (Lipinski definition) is 5. The third-order valence-corrected chi connectivity index (χ3v) is 4.68. The lowest BCUT2D eigenvalue weighted by molar-refractivity contribution is -0.141. The first-order valence-corrected chi connectivity index (χ1v) is 8.68. The van der Waals surface area contributed by atoms with Crippen LogP contribution in [0, 0.1) is 5.92 Å². The van der Waals surface area contributed by atoms with Gasteiger partial charge in [0.25, 0.3) is 0 Å². The SMILES string of the molecule is CC(C)(C)OC(=O)N1CC2CCC1C(Nc1cnc(C(F)(F)F)cn1)C2. The summed E-state index contributed by atoms with van der Waals surface area (Å²) in [4.78, 5) is 21.5. The minimum atomic E-state index is -4.51. The molecule has 1 aromatic heterocycles. The van der Waals surface area contributed by atoms with E-state index in [1.807, 2.05) is 20.8 Å². The van der Waals surface area contributed by atoms with E-state index in [1.54, 1.807) is 4.90 Å². The first kappa shape index (κ1) is 18.7. The highest BCUT2D eigenvalue weighted by atomic mass is 19.4. The molecule has 0 radical (unpaired) electrons. The molecule has 2 saturated heterocycles. The second-order valence-corrected chi connectivity index (χ2v) is 7.91. The first-order chi connectivity index (χ1) is 12.0. The lowest BCUT2D eigenvalue weighted by Gasteiger charge is -2.49. The average molecular weight is 372 g/mol. The predicted octanol–water partition coefficient (Wildman–Crippen LogP) is 3.70. The zero-order valence-electron chi connectivity index (χ0n) is 15.0. The molecule has 9 heteroatoms. The van der Waals surface area contributed by atoms with Crippen molar-refractivity contribution in [3.63, 3.8) is 0 Å². The number of nitrogens with one attached hydrogen (secondary N) is 1. The Morgan fingerprint density at radius 2 is 1.96 bits per heavy atom. The molecule has 2 aliphatic heterocycles. The Morgan fingerprint density at radius 1 is 1.23 bits per heavy atom. The molecule has 1 N–H and O–H groups in total. The summed E-state index contributed by atoms with van der Waals surface area (Å²) < 4.78 is 43.3. The van der Waals surface area contributed by atoms with E-state index in [9.17, 15) is 18.0 Å². The summed E-state index contributed by atoms with van der Waals surface area (Å²) in [6.45, 7) is 6.11. The van der Waals surface area contributed by atoms with Crippen LogP contribution in [0.1, 0.15) is 45.7 Å². The maximum Gasteiger partial charge on any atom is 0.434 e. The molecule has 3 unspecified atom stereocenters. The largest absolute Gasteiger partial charge is 0.444 e. The van der Waals surface area contributed by atoms with Gasteiger partial charge in [-0.05, 0) is 46.0 Å². The van der Waals surface area contributed by atoms with E-state index < -0.39 is 17.5 Å². The van der Waals surface area contributed by atoms with Crippen LogP contribution in [0.25, 0.3) is 0 Å². The van der Waals surface area contributed by atoms with Gasteiger partial charge in [0, 0.05) is 12.6 Å². The van der Waals surface area contributed by atoms with Crippen molar-refractivity contribution in [1.82, 2.24) is 14.9 Å². The Hall–Kier alpha value is -2.06. The topological polar surface area (TPSA) is 67.3 Å². The third kappa shape index (κ3) is 4.19. The number of carbonyl (C=O) groups excluding carboxylic acids is 1. The number of piperidine rings is 2. The second kappa shape index (κ2) is 6.59. The van der Waals surface area contributed by atoms with Crippen LogP contribution < -0.4 is 5.32 Å². The van der Waals surface area contributed by atoms with Gasteiger partial charge in [-0.3, -0.25) is 0 Å².